The first kappa shape index (κ1) is 19.4. The Labute approximate surface area is 174 Å². The Morgan fingerprint density at radius 1 is 0.967 bits per heavy atom. The van der Waals surface area contributed by atoms with E-state index in [1.807, 2.05) is 61.5 Å². The van der Waals surface area contributed by atoms with Gasteiger partial charge in [-0.25, -0.2) is 0 Å². The predicted octanol–water partition coefficient (Wildman–Crippen LogP) is 3.79. The van der Waals surface area contributed by atoms with Crippen molar-refractivity contribution in [2.24, 2.45) is 0 Å². The van der Waals surface area contributed by atoms with Crippen LogP contribution in [0, 0.1) is 6.92 Å². The Kier molecular flexibility index (Phi) is 5.30. The highest BCUT2D eigenvalue weighted by Crippen LogP contribution is 2.34. The number of carbonyl (C=O) groups is 2. The molecule has 1 aliphatic heterocycles. The number of nitrogens with one attached hydrogen (secondary N) is 1. The normalized spacial score (nSPS) is 13.7. The smallest absolute Gasteiger partial charge is 0.278 e. The third kappa shape index (κ3) is 3.67. The molecule has 0 bridgehead atoms. The molecule has 0 fully saturated rings. The van der Waals surface area contributed by atoms with Gasteiger partial charge in [-0.05, 0) is 42.3 Å². The van der Waals surface area contributed by atoms with E-state index in [0.717, 1.165) is 5.56 Å². The van der Waals surface area contributed by atoms with Crippen molar-refractivity contribution in [2.75, 3.05) is 12.4 Å². The van der Waals surface area contributed by atoms with Crippen LogP contribution in [-0.4, -0.2) is 28.8 Å². The summed E-state index contributed by atoms with van der Waals surface area (Å²) in [7, 11) is 1.57. The fourth-order valence-corrected chi connectivity index (χ4v) is 3.42. The number of carbonyl (C=O) groups excluding carboxylic acids is 2. The first-order valence-corrected chi connectivity index (χ1v) is 9.56. The lowest BCUT2D eigenvalue weighted by molar-refractivity contribution is -0.137. The first-order valence-electron chi connectivity index (χ1n) is 9.56. The molecule has 2 heterocycles. The lowest BCUT2D eigenvalue weighted by atomic mass is 10.0. The number of benzene rings is 2. The number of hydrogen-bond acceptors (Lipinski definition) is 5. The van der Waals surface area contributed by atoms with E-state index in [9.17, 15) is 9.59 Å². The maximum Gasteiger partial charge on any atom is 0.278 e. The maximum absolute atomic E-state index is 13.3. The van der Waals surface area contributed by atoms with Crippen molar-refractivity contribution >= 4 is 23.1 Å². The van der Waals surface area contributed by atoms with E-state index in [2.05, 4.69) is 10.3 Å². The summed E-state index contributed by atoms with van der Waals surface area (Å²) in [6, 6.07) is 20.2. The van der Waals surface area contributed by atoms with Gasteiger partial charge in [0.25, 0.3) is 11.8 Å². The lowest BCUT2D eigenvalue weighted by Gasteiger charge is -2.15. The standard InChI is InChI=1S/C24H21N3O3/c1-16-11-12-20(30-2)19(14-16)26-22-21(17-8-4-3-5-9-17)23(28)27(24(22)29)15-18-10-6-7-13-25-18/h3-14,26H,15H2,1-2H3. The molecule has 4 rings (SSSR count). The first-order chi connectivity index (χ1) is 14.6. The molecule has 1 aliphatic rings. The van der Waals surface area contributed by atoms with E-state index in [1.165, 1.54) is 4.90 Å². The number of hydrogen-bond donors (Lipinski definition) is 1. The topological polar surface area (TPSA) is 71.5 Å². The van der Waals surface area contributed by atoms with Gasteiger partial charge in [0, 0.05) is 6.20 Å². The van der Waals surface area contributed by atoms with Crippen LogP contribution >= 0.6 is 0 Å². The van der Waals surface area contributed by atoms with Crippen molar-refractivity contribution in [3.05, 3.63) is 95.4 Å². The second-order valence-electron chi connectivity index (χ2n) is 6.96. The Balaban J connectivity index is 1.77. The molecule has 2 amide bonds. The van der Waals surface area contributed by atoms with Crippen LogP contribution in [0.25, 0.3) is 5.57 Å². The summed E-state index contributed by atoms with van der Waals surface area (Å²) < 4.78 is 5.43. The predicted molar refractivity (Wildman–Crippen MR) is 115 cm³/mol. The van der Waals surface area contributed by atoms with E-state index < -0.39 is 5.91 Å². The molecule has 0 radical (unpaired) electrons. The van der Waals surface area contributed by atoms with Crippen molar-refractivity contribution in [2.45, 2.75) is 13.5 Å². The van der Waals surface area contributed by atoms with E-state index >= 15 is 0 Å². The number of aromatic nitrogens is 1. The molecule has 2 aromatic carbocycles. The molecule has 150 valence electrons. The van der Waals surface area contributed by atoms with Gasteiger partial charge in [0.15, 0.2) is 0 Å². The number of ether oxygens (including phenoxy) is 1. The van der Waals surface area contributed by atoms with E-state index in [4.69, 9.17) is 4.74 Å². The van der Waals surface area contributed by atoms with Crippen molar-refractivity contribution in [1.82, 2.24) is 9.88 Å². The molecule has 30 heavy (non-hydrogen) atoms. The molecule has 0 atom stereocenters. The number of pyridine rings is 1. The van der Waals surface area contributed by atoms with E-state index in [-0.39, 0.29) is 18.1 Å². The maximum atomic E-state index is 13.3. The van der Waals surface area contributed by atoms with Crippen LogP contribution in [0.1, 0.15) is 16.8 Å². The summed E-state index contributed by atoms with van der Waals surface area (Å²) >= 11 is 0. The molecule has 0 saturated heterocycles. The minimum absolute atomic E-state index is 0.102. The van der Waals surface area contributed by atoms with Crippen LogP contribution in [0.2, 0.25) is 0 Å². The summed E-state index contributed by atoms with van der Waals surface area (Å²) in [6.45, 7) is 2.05. The van der Waals surface area contributed by atoms with Crippen LogP contribution in [0.3, 0.4) is 0 Å². The fourth-order valence-electron chi connectivity index (χ4n) is 3.42. The number of amides is 2. The van der Waals surface area contributed by atoms with Crippen molar-refractivity contribution < 1.29 is 14.3 Å². The Bertz CT molecular complexity index is 1120. The number of rotatable bonds is 6. The minimum Gasteiger partial charge on any atom is -0.495 e. The molecule has 6 heteroatoms. The Morgan fingerprint density at radius 3 is 2.43 bits per heavy atom. The largest absolute Gasteiger partial charge is 0.495 e. The van der Waals surface area contributed by atoms with Crippen LogP contribution in [-0.2, 0) is 16.1 Å². The number of imide groups is 1. The monoisotopic (exact) mass is 399 g/mol. The number of aryl methyl sites for hydroxylation is 1. The van der Waals surface area contributed by atoms with Gasteiger partial charge < -0.3 is 10.1 Å². The zero-order valence-electron chi connectivity index (χ0n) is 16.8. The van der Waals surface area contributed by atoms with E-state index in [0.29, 0.717) is 28.3 Å². The van der Waals surface area contributed by atoms with Gasteiger partial charge in [-0.2, -0.15) is 0 Å². The lowest BCUT2D eigenvalue weighted by Crippen LogP contribution is -2.32. The van der Waals surface area contributed by atoms with Crippen LogP contribution in [0.4, 0.5) is 5.69 Å². The quantitative estimate of drug-likeness (QED) is 0.639. The second kappa shape index (κ2) is 8.21. The van der Waals surface area contributed by atoms with Gasteiger partial charge in [-0.1, -0.05) is 42.5 Å². The molecule has 1 aromatic heterocycles. The third-order valence-corrected chi connectivity index (χ3v) is 4.89. The molecule has 6 nitrogen and oxygen atoms in total. The van der Waals surface area contributed by atoms with Gasteiger partial charge in [0.1, 0.15) is 11.4 Å². The average Bonchev–Trinajstić information content (AvgIpc) is 2.99. The van der Waals surface area contributed by atoms with Gasteiger partial charge >= 0.3 is 0 Å². The summed E-state index contributed by atoms with van der Waals surface area (Å²) in [6.07, 6.45) is 1.64. The summed E-state index contributed by atoms with van der Waals surface area (Å²) in [4.78, 5) is 32.1. The molecular formula is C24H21N3O3. The van der Waals surface area contributed by atoms with Gasteiger partial charge in [0.2, 0.25) is 0 Å². The van der Waals surface area contributed by atoms with Gasteiger partial charge in [-0.15, -0.1) is 0 Å². The van der Waals surface area contributed by atoms with E-state index in [1.54, 1.807) is 25.4 Å². The van der Waals surface area contributed by atoms with Gasteiger partial charge in [0.05, 0.1) is 30.6 Å². The summed E-state index contributed by atoms with van der Waals surface area (Å²) in [5, 5.41) is 3.17. The zero-order valence-corrected chi connectivity index (χ0v) is 16.8. The third-order valence-electron chi connectivity index (χ3n) is 4.89. The number of methoxy groups -OCH3 is 1. The van der Waals surface area contributed by atoms with Gasteiger partial charge in [-0.3, -0.25) is 19.5 Å². The second-order valence-corrected chi connectivity index (χ2v) is 6.96. The molecule has 0 spiro atoms. The summed E-state index contributed by atoms with van der Waals surface area (Å²) in [5.74, 6) is -0.164. The minimum atomic E-state index is -0.395. The SMILES string of the molecule is COc1ccc(C)cc1NC1=C(c2ccccc2)C(=O)N(Cc2ccccn2)C1=O. The molecule has 0 aliphatic carbocycles. The van der Waals surface area contributed by atoms with Crippen LogP contribution in [0.5, 0.6) is 5.75 Å². The Hall–Kier alpha value is -3.93. The highest BCUT2D eigenvalue weighted by atomic mass is 16.5. The van der Waals surface area contributed by atoms with Crippen molar-refractivity contribution in [1.29, 1.82) is 0 Å². The van der Waals surface area contributed by atoms with Crippen molar-refractivity contribution in [3.63, 3.8) is 0 Å². The fraction of sp³-hybridized carbons (Fsp3) is 0.125. The highest BCUT2D eigenvalue weighted by molar-refractivity contribution is 6.36. The zero-order chi connectivity index (χ0) is 21.1. The molecule has 1 N–H and O–H groups in total. The average molecular weight is 399 g/mol. The summed E-state index contributed by atoms with van der Waals surface area (Å²) in [5.41, 5.74) is 3.50. The number of nitrogens with zero attached hydrogens (tertiary/aromatic N) is 2. The molecule has 0 unspecified atom stereocenters. The van der Waals surface area contributed by atoms with Crippen LogP contribution in [0.15, 0.2) is 78.6 Å². The Morgan fingerprint density at radius 2 is 1.73 bits per heavy atom. The molecular weight excluding hydrogens is 378 g/mol. The highest BCUT2D eigenvalue weighted by Gasteiger charge is 2.39. The molecule has 0 saturated carbocycles. The van der Waals surface area contributed by atoms with Crippen LogP contribution < -0.4 is 10.1 Å². The number of anilines is 1. The molecule has 3 aromatic rings. The van der Waals surface area contributed by atoms with Crippen molar-refractivity contribution in [3.8, 4) is 5.75 Å².